The predicted molar refractivity (Wildman–Crippen MR) is 72.4 cm³/mol. The van der Waals surface area contributed by atoms with E-state index in [-0.39, 0.29) is 0 Å². The van der Waals surface area contributed by atoms with Gasteiger partial charge in [0.2, 0.25) is 0 Å². The van der Waals surface area contributed by atoms with Gasteiger partial charge in [0, 0.05) is 12.1 Å². The molecule has 0 spiro atoms. The van der Waals surface area contributed by atoms with Crippen molar-refractivity contribution in [3.63, 3.8) is 0 Å². The molecular weight excluding hydrogens is 248 g/mol. The van der Waals surface area contributed by atoms with E-state index in [4.69, 9.17) is 0 Å². The van der Waals surface area contributed by atoms with Crippen LogP contribution in [-0.2, 0) is 9.84 Å². The van der Waals surface area contributed by atoms with Crippen molar-refractivity contribution >= 4 is 9.84 Å². The summed E-state index contributed by atoms with van der Waals surface area (Å²) in [6.45, 7) is 3.36. The van der Waals surface area contributed by atoms with E-state index >= 15 is 0 Å². The van der Waals surface area contributed by atoms with Crippen molar-refractivity contribution in [2.75, 3.05) is 31.1 Å². The average Bonchev–Trinajstić information content (AvgIpc) is 3.11. The Bertz CT molecular complexity index is 384. The Balaban J connectivity index is 1.42. The highest BCUT2D eigenvalue weighted by atomic mass is 32.2. The molecule has 0 amide bonds. The number of hydrogen-bond acceptors (Lipinski definition) is 4. The molecule has 3 fully saturated rings. The van der Waals surface area contributed by atoms with Crippen LogP contribution in [0.1, 0.15) is 32.1 Å². The van der Waals surface area contributed by atoms with Gasteiger partial charge in [-0.15, -0.1) is 0 Å². The highest BCUT2D eigenvalue weighted by Crippen LogP contribution is 2.25. The first-order valence-corrected chi connectivity index (χ1v) is 9.12. The van der Waals surface area contributed by atoms with Crippen LogP contribution in [0, 0.1) is 5.92 Å². The van der Waals surface area contributed by atoms with E-state index in [1.54, 1.807) is 0 Å². The fraction of sp³-hybridized carbons (Fsp3) is 1.00. The van der Waals surface area contributed by atoms with Crippen molar-refractivity contribution in [1.29, 1.82) is 0 Å². The van der Waals surface area contributed by atoms with E-state index in [1.807, 2.05) is 0 Å². The lowest BCUT2D eigenvalue weighted by molar-refractivity contribution is 0.142. The Morgan fingerprint density at radius 2 is 1.78 bits per heavy atom. The summed E-state index contributed by atoms with van der Waals surface area (Å²) in [4.78, 5) is 2.41. The van der Waals surface area contributed by atoms with E-state index in [0.717, 1.165) is 31.5 Å². The molecular formula is C13H24N2O2S. The lowest BCUT2D eigenvalue weighted by Gasteiger charge is -2.35. The smallest absolute Gasteiger partial charge is 0.151 e. The molecule has 0 aromatic carbocycles. The number of hydrogen-bond donors (Lipinski definition) is 1. The summed E-state index contributed by atoms with van der Waals surface area (Å²) in [5.74, 6) is 1.61. The Labute approximate surface area is 110 Å². The molecule has 3 aliphatic rings. The third-order valence-corrected chi connectivity index (χ3v) is 6.40. The minimum absolute atomic E-state index is 0.312. The summed E-state index contributed by atoms with van der Waals surface area (Å²) in [5.41, 5.74) is 0. The molecule has 2 heterocycles. The second-order valence-corrected chi connectivity index (χ2v) is 8.45. The fourth-order valence-corrected chi connectivity index (χ4v) is 4.97. The monoisotopic (exact) mass is 272 g/mol. The summed E-state index contributed by atoms with van der Waals surface area (Å²) in [7, 11) is -2.73. The molecule has 1 N–H and O–H groups in total. The molecule has 1 aliphatic carbocycles. The molecule has 0 aromatic rings. The van der Waals surface area contributed by atoms with Crippen molar-refractivity contribution in [3.05, 3.63) is 0 Å². The summed E-state index contributed by atoms with van der Waals surface area (Å²) >= 11 is 0. The lowest BCUT2D eigenvalue weighted by atomic mass is 9.95. The van der Waals surface area contributed by atoms with Crippen LogP contribution < -0.4 is 5.32 Å². The Morgan fingerprint density at radius 1 is 1.06 bits per heavy atom. The fourth-order valence-electron chi connectivity index (χ4n) is 3.21. The van der Waals surface area contributed by atoms with Crippen LogP contribution >= 0.6 is 0 Å². The number of rotatable bonds is 4. The van der Waals surface area contributed by atoms with Crippen molar-refractivity contribution < 1.29 is 8.42 Å². The van der Waals surface area contributed by atoms with Gasteiger partial charge in [0.25, 0.3) is 0 Å². The molecule has 0 radical (unpaired) electrons. The quantitative estimate of drug-likeness (QED) is 0.816. The van der Waals surface area contributed by atoms with Gasteiger partial charge < -0.3 is 5.32 Å². The number of piperidine rings is 1. The summed E-state index contributed by atoms with van der Waals surface area (Å²) in [6, 6.07) is 1.12. The van der Waals surface area contributed by atoms with Crippen LogP contribution in [-0.4, -0.2) is 56.5 Å². The van der Waals surface area contributed by atoms with Crippen molar-refractivity contribution in [2.24, 2.45) is 5.92 Å². The normalized spacial score (nSPS) is 33.9. The third-order valence-electron chi connectivity index (χ3n) is 4.65. The first-order chi connectivity index (χ1) is 8.62. The topological polar surface area (TPSA) is 49.4 Å². The lowest BCUT2D eigenvalue weighted by Crippen LogP contribution is -2.43. The second-order valence-electron chi connectivity index (χ2n) is 6.22. The predicted octanol–water partition coefficient (Wildman–Crippen LogP) is 0.638. The summed E-state index contributed by atoms with van der Waals surface area (Å²) in [6.07, 6.45) is 6.04. The van der Waals surface area contributed by atoms with Crippen LogP contribution in [0.5, 0.6) is 0 Å². The molecule has 2 aliphatic heterocycles. The number of likely N-dealkylation sites (tertiary alicyclic amines) is 1. The molecule has 5 heteroatoms. The highest BCUT2D eigenvalue weighted by molar-refractivity contribution is 7.91. The summed E-state index contributed by atoms with van der Waals surface area (Å²) < 4.78 is 23.0. The largest absolute Gasteiger partial charge is 0.314 e. The minimum Gasteiger partial charge on any atom is -0.314 e. The zero-order valence-corrected chi connectivity index (χ0v) is 11.8. The maximum Gasteiger partial charge on any atom is 0.151 e. The van der Waals surface area contributed by atoms with E-state index in [0.29, 0.717) is 17.5 Å². The number of nitrogens with zero attached hydrogens (tertiary/aromatic N) is 1. The van der Waals surface area contributed by atoms with Gasteiger partial charge in [-0.2, -0.15) is 0 Å². The van der Waals surface area contributed by atoms with Gasteiger partial charge >= 0.3 is 0 Å². The Morgan fingerprint density at radius 3 is 2.33 bits per heavy atom. The van der Waals surface area contributed by atoms with Gasteiger partial charge in [0.15, 0.2) is 9.84 Å². The van der Waals surface area contributed by atoms with Gasteiger partial charge in [-0.1, -0.05) is 0 Å². The first-order valence-electron chi connectivity index (χ1n) is 7.30. The Kier molecular flexibility index (Phi) is 3.65. The zero-order valence-electron chi connectivity index (χ0n) is 11.0. The molecule has 1 atom stereocenters. The molecule has 1 saturated carbocycles. The van der Waals surface area contributed by atoms with Crippen molar-refractivity contribution in [3.8, 4) is 0 Å². The molecule has 3 rings (SSSR count). The third kappa shape index (κ3) is 3.25. The van der Waals surface area contributed by atoms with Gasteiger partial charge in [0.1, 0.15) is 0 Å². The second kappa shape index (κ2) is 5.10. The standard InChI is InChI=1S/C13H24N2O2S/c16-18(17)8-5-13(10-18)15-6-3-11(4-7-15)9-14-12-1-2-12/h11-14H,1-10H2. The van der Waals surface area contributed by atoms with E-state index < -0.39 is 9.84 Å². The number of sulfone groups is 1. The van der Waals surface area contributed by atoms with E-state index in [9.17, 15) is 8.42 Å². The van der Waals surface area contributed by atoms with Crippen LogP contribution in [0.15, 0.2) is 0 Å². The van der Waals surface area contributed by atoms with Gasteiger partial charge in [-0.3, -0.25) is 4.90 Å². The Hall–Kier alpha value is -0.130. The molecule has 0 bridgehead atoms. The molecule has 0 aromatic heterocycles. The van der Waals surface area contributed by atoms with E-state index in [1.165, 1.54) is 32.2 Å². The van der Waals surface area contributed by atoms with Gasteiger partial charge in [-0.25, -0.2) is 8.42 Å². The van der Waals surface area contributed by atoms with E-state index in [2.05, 4.69) is 10.2 Å². The maximum absolute atomic E-state index is 11.5. The van der Waals surface area contributed by atoms with Crippen LogP contribution in [0.3, 0.4) is 0 Å². The van der Waals surface area contributed by atoms with Crippen LogP contribution in [0.25, 0.3) is 0 Å². The molecule has 18 heavy (non-hydrogen) atoms. The SMILES string of the molecule is O=S1(=O)CCC(N2CCC(CNC3CC3)CC2)C1. The van der Waals surface area contributed by atoms with Gasteiger partial charge in [0.05, 0.1) is 11.5 Å². The molecule has 4 nitrogen and oxygen atoms in total. The molecule has 2 saturated heterocycles. The van der Waals surface area contributed by atoms with Crippen molar-refractivity contribution in [2.45, 2.75) is 44.2 Å². The van der Waals surface area contributed by atoms with Gasteiger partial charge in [-0.05, 0) is 57.7 Å². The molecule has 104 valence electrons. The average molecular weight is 272 g/mol. The number of nitrogens with one attached hydrogen (secondary N) is 1. The molecule has 1 unspecified atom stereocenters. The van der Waals surface area contributed by atoms with Crippen LogP contribution in [0.2, 0.25) is 0 Å². The first kappa shape index (κ1) is 12.9. The van der Waals surface area contributed by atoms with Crippen LogP contribution in [0.4, 0.5) is 0 Å². The minimum atomic E-state index is -2.73. The van der Waals surface area contributed by atoms with Crippen molar-refractivity contribution in [1.82, 2.24) is 10.2 Å². The highest BCUT2D eigenvalue weighted by Gasteiger charge is 2.34. The maximum atomic E-state index is 11.5. The zero-order chi connectivity index (χ0) is 12.6. The summed E-state index contributed by atoms with van der Waals surface area (Å²) in [5, 5.41) is 3.61.